The van der Waals surface area contributed by atoms with Gasteiger partial charge in [-0.1, -0.05) is 19.9 Å². The lowest BCUT2D eigenvalue weighted by molar-refractivity contribution is -0.160. The zero-order valence-electron chi connectivity index (χ0n) is 22.9. The third-order valence-electron chi connectivity index (χ3n) is 6.66. The third-order valence-corrected chi connectivity index (χ3v) is 6.66. The molecule has 1 fully saturated rings. The summed E-state index contributed by atoms with van der Waals surface area (Å²) in [5, 5.41) is 10.2. The fourth-order valence-electron chi connectivity index (χ4n) is 4.65. The van der Waals surface area contributed by atoms with Gasteiger partial charge in [0.2, 0.25) is 0 Å². The standard InChI is InChI=1S/C28H36F4N2O4/c1-8-37-23-19(28(30,31)32)10-9-17(21(23)29)18-15-33-16(2)20(24(25(35)36)38-26(3,4)5)22(18)34-13-11-27(6,7)12-14-34/h9-10,15,24H,8,11-14H2,1-7H3,(H,35,36). The van der Waals surface area contributed by atoms with Gasteiger partial charge >= 0.3 is 12.1 Å². The smallest absolute Gasteiger partial charge is 0.420 e. The molecule has 2 heterocycles. The number of carboxylic acid groups (broad SMARTS) is 1. The maximum Gasteiger partial charge on any atom is 0.420 e. The molecule has 6 nitrogen and oxygen atoms in total. The van der Waals surface area contributed by atoms with Gasteiger partial charge in [-0.05, 0) is 58.9 Å². The molecule has 38 heavy (non-hydrogen) atoms. The lowest BCUT2D eigenvalue weighted by Gasteiger charge is -2.41. The minimum atomic E-state index is -4.82. The minimum absolute atomic E-state index is 0.0504. The Balaban J connectivity index is 2.35. The van der Waals surface area contributed by atoms with Gasteiger partial charge in [-0.3, -0.25) is 4.98 Å². The van der Waals surface area contributed by atoms with Gasteiger partial charge < -0.3 is 19.5 Å². The van der Waals surface area contributed by atoms with Crippen LogP contribution < -0.4 is 9.64 Å². The van der Waals surface area contributed by atoms with Crippen molar-refractivity contribution in [3.8, 4) is 16.9 Å². The first-order valence-electron chi connectivity index (χ1n) is 12.6. The highest BCUT2D eigenvalue weighted by molar-refractivity contribution is 5.87. The zero-order valence-corrected chi connectivity index (χ0v) is 22.9. The summed E-state index contributed by atoms with van der Waals surface area (Å²) in [6, 6.07) is 1.83. The summed E-state index contributed by atoms with van der Waals surface area (Å²) in [4.78, 5) is 18.8. The van der Waals surface area contributed by atoms with Crippen LogP contribution >= 0.6 is 0 Å². The van der Waals surface area contributed by atoms with E-state index in [9.17, 15) is 23.1 Å². The number of pyridine rings is 1. The van der Waals surface area contributed by atoms with Crippen molar-refractivity contribution in [3.05, 3.63) is 41.0 Å². The van der Waals surface area contributed by atoms with E-state index in [1.165, 1.54) is 13.1 Å². The van der Waals surface area contributed by atoms with E-state index in [1.807, 2.05) is 4.90 Å². The maximum atomic E-state index is 15.9. The Morgan fingerprint density at radius 3 is 2.26 bits per heavy atom. The summed E-state index contributed by atoms with van der Waals surface area (Å²) < 4.78 is 67.9. The van der Waals surface area contributed by atoms with Crippen molar-refractivity contribution in [2.45, 2.75) is 79.2 Å². The minimum Gasteiger partial charge on any atom is -0.490 e. The molecule has 3 rings (SSSR count). The van der Waals surface area contributed by atoms with Crippen molar-refractivity contribution in [1.29, 1.82) is 0 Å². The molecule has 1 aromatic heterocycles. The van der Waals surface area contributed by atoms with E-state index in [1.54, 1.807) is 27.7 Å². The summed E-state index contributed by atoms with van der Waals surface area (Å²) in [7, 11) is 0. The Morgan fingerprint density at radius 2 is 1.76 bits per heavy atom. The van der Waals surface area contributed by atoms with Crippen LogP contribution in [0.3, 0.4) is 0 Å². The van der Waals surface area contributed by atoms with E-state index in [2.05, 4.69) is 18.8 Å². The van der Waals surface area contributed by atoms with Crippen molar-refractivity contribution >= 4 is 11.7 Å². The van der Waals surface area contributed by atoms with E-state index in [-0.39, 0.29) is 28.7 Å². The molecule has 1 aromatic carbocycles. The number of piperidine rings is 1. The number of nitrogens with zero attached hydrogens (tertiary/aromatic N) is 2. The molecule has 2 aromatic rings. The number of alkyl halides is 3. The molecule has 1 aliphatic rings. The van der Waals surface area contributed by atoms with Crippen LogP contribution in [0.25, 0.3) is 11.1 Å². The fourth-order valence-corrected chi connectivity index (χ4v) is 4.65. The Morgan fingerprint density at radius 1 is 1.16 bits per heavy atom. The van der Waals surface area contributed by atoms with Gasteiger partial charge in [0.15, 0.2) is 17.7 Å². The molecule has 10 heteroatoms. The predicted molar refractivity (Wildman–Crippen MR) is 137 cm³/mol. The number of hydrogen-bond donors (Lipinski definition) is 1. The normalized spacial score (nSPS) is 16.9. The van der Waals surface area contributed by atoms with Crippen LogP contribution in [0.5, 0.6) is 5.75 Å². The summed E-state index contributed by atoms with van der Waals surface area (Å²) in [5.41, 5.74) is -0.962. The second-order valence-corrected chi connectivity index (χ2v) is 11.4. The summed E-state index contributed by atoms with van der Waals surface area (Å²) in [6.45, 7) is 13.5. The summed E-state index contributed by atoms with van der Waals surface area (Å²) in [5.74, 6) is -3.32. The van der Waals surface area contributed by atoms with Crippen LogP contribution in [0, 0.1) is 18.2 Å². The molecule has 0 radical (unpaired) electrons. The molecule has 1 N–H and O–H groups in total. The number of rotatable bonds is 7. The number of anilines is 1. The zero-order chi connectivity index (χ0) is 28.6. The quantitative estimate of drug-likeness (QED) is 0.375. The Bertz CT molecular complexity index is 1180. The molecule has 1 saturated heterocycles. The number of benzene rings is 1. The molecule has 0 bridgehead atoms. The molecule has 1 aliphatic heterocycles. The molecule has 210 valence electrons. The Labute approximate surface area is 221 Å². The summed E-state index contributed by atoms with van der Waals surface area (Å²) >= 11 is 0. The van der Waals surface area contributed by atoms with Gasteiger partial charge in [-0.2, -0.15) is 13.2 Å². The van der Waals surface area contributed by atoms with E-state index < -0.39 is 41.0 Å². The Kier molecular flexibility index (Phi) is 8.36. The van der Waals surface area contributed by atoms with Crippen LogP contribution in [0.1, 0.15) is 77.3 Å². The molecular formula is C28H36F4N2O4. The predicted octanol–water partition coefficient (Wildman–Crippen LogP) is 7.18. The molecule has 0 spiro atoms. The van der Waals surface area contributed by atoms with Crippen LogP contribution in [0.15, 0.2) is 18.3 Å². The number of aliphatic carboxylic acids is 1. The lowest BCUT2D eigenvalue weighted by Crippen LogP contribution is -2.39. The van der Waals surface area contributed by atoms with Gasteiger partial charge in [0.25, 0.3) is 0 Å². The van der Waals surface area contributed by atoms with Gasteiger partial charge in [-0.15, -0.1) is 0 Å². The maximum absolute atomic E-state index is 15.9. The number of ether oxygens (including phenoxy) is 2. The second kappa shape index (κ2) is 10.7. The van der Waals surface area contributed by atoms with Gasteiger partial charge in [0.05, 0.1) is 17.9 Å². The summed E-state index contributed by atoms with van der Waals surface area (Å²) in [6.07, 6.45) is -3.31. The van der Waals surface area contributed by atoms with Gasteiger partial charge in [0, 0.05) is 41.7 Å². The number of hydrogen-bond acceptors (Lipinski definition) is 5. The van der Waals surface area contributed by atoms with Gasteiger partial charge in [0.1, 0.15) is 5.56 Å². The first-order chi connectivity index (χ1) is 17.5. The topological polar surface area (TPSA) is 71.9 Å². The first kappa shape index (κ1) is 29.7. The van der Waals surface area contributed by atoms with Crippen LogP contribution in [-0.4, -0.2) is 41.4 Å². The van der Waals surface area contributed by atoms with Crippen molar-refractivity contribution in [2.24, 2.45) is 5.41 Å². The largest absolute Gasteiger partial charge is 0.490 e. The highest BCUT2D eigenvalue weighted by Crippen LogP contribution is 2.47. The van der Waals surface area contributed by atoms with E-state index >= 15 is 4.39 Å². The van der Waals surface area contributed by atoms with E-state index in [4.69, 9.17) is 9.47 Å². The van der Waals surface area contributed by atoms with Crippen molar-refractivity contribution < 1.29 is 36.9 Å². The number of aromatic nitrogens is 1. The SMILES string of the molecule is CCOc1c(C(F)(F)F)ccc(-c2cnc(C)c(C(OC(C)(C)C)C(=O)O)c2N2CCC(C)(C)CC2)c1F. The van der Waals surface area contributed by atoms with Crippen molar-refractivity contribution in [1.82, 2.24) is 4.98 Å². The number of halogens is 4. The van der Waals surface area contributed by atoms with Crippen LogP contribution in [0.4, 0.5) is 23.2 Å². The molecule has 1 unspecified atom stereocenters. The molecular weight excluding hydrogens is 504 g/mol. The first-order valence-corrected chi connectivity index (χ1v) is 12.6. The molecule has 1 atom stereocenters. The Hall–Kier alpha value is -2.88. The monoisotopic (exact) mass is 540 g/mol. The second-order valence-electron chi connectivity index (χ2n) is 11.4. The highest BCUT2D eigenvalue weighted by Gasteiger charge is 2.39. The average Bonchev–Trinajstić information content (AvgIpc) is 2.78. The van der Waals surface area contributed by atoms with Crippen molar-refractivity contribution in [2.75, 3.05) is 24.6 Å². The van der Waals surface area contributed by atoms with Gasteiger partial charge in [-0.25, -0.2) is 9.18 Å². The number of carbonyl (C=O) groups is 1. The molecule has 0 amide bonds. The molecule has 0 aliphatic carbocycles. The van der Waals surface area contributed by atoms with E-state index in [0.717, 1.165) is 25.0 Å². The van der Waals surface area contributed by atoms with Crippen LogP contribution in [-0.2, 0) is 15.7 Å². The van der Waals surface area contributed by atoms with Crippen molar-refractivity contribution in [3.63, 3.8) is 0 Å². The van der Waals surface area contributed by atoms with Crippen LogP contribution in [0.2, 0.25) is 0 Å². The average molecular weight is 541 g/mol. The third kappa shape index (κ3) is 6.39. The number of carboxylic acids is 1. The highest BCUT2D eigenvalue weighted by atomic mass is 19.4. The number of aryl methyl sites for hydroxylation is 1. The lowest BCUT2D eigenvalue weighted by atomic mass is 9.82. The fraction of sp³-hybridized carbons (Fsp3) is 0.571. The van der Waals surface area contributed by atoms with E-state index in [0.29, 0.717) is 24.5 Å². The molecule has 0 saturated carbocycles.